The van der Waals surface area contributed by atoms with E-state index in [1.165, 1.54) is 0 Å². The molecule has 0 bridgehead atoms. The molecule has 0 radical (unpaired) electrons. The molecule has 18 heavy (non-hydrogen) atoms. The molecular weight excluding hydrogens is 250 g/mol. The SMILES string of the molecule is Cc1nc(C)c(CNC(=O)[C@@H]2CC[C@H](CN)O2)s1. The minimum atomic E-state index is -0.340. The number of nitrogens with two attached hydrogens (primary N) is 1. The van der Waals surface area contributed by atoms with Gasteiger partial charge in [-0.1, -0.05) is 0 Å². The third-order valence-electron chi connectivity index (χ3n) is 3.09. The van der Waals surface area contributed by atoms with Crippen LogP contribution in [0.3, 0.4) is 0 Å². The highest BCUT2D eigenvalue weighted by molar-refractivity contribution is 7.11. The fourth-order valence-electron chi connectivity index (χ4n) is 2.09. The standard InChI is InChI=1S/C12H19N3O2S/c1-7-11(18-8(2)15-7)6-14-12(16)10-4-3-9(5-13)17-10/h9-10H,3-6,13H2,1-2H3,(H,14,16)/t9-,10+/m1/s1. The lowest BCUT2D eigenvalue weighted by molar-refractivity contribution is -0.132. The van der Waals surface area contributed by atoms with Gasteiger partial charge in [-0.25, -0.2) is 4.98 Å². The summed E-state index contributed by atoms with van der Waals surface area (Å²) < 4.78 is 5.55. The first-order chi connectivity index (χ1) is 8.60. The largest absolute Gasteiger partial charge is 0.364 e. The molecule has 1 aromatic rings. The second kappa shape index (κ2) is 5.77. The number of carbonyl (C=O) groups excluding carboxylic acids is 1. The number of ether oxygens (including phenoxy) is 1. The summed E-state index contributed by atoms with van der Waals surface area (Å²) in [7, 11) is 0. The van der Waals surface area contributed by atoms with Crippen LogP contribution in [0.4, 0.5) is 0 Å². The highest BCUT2D eigenvalue weighted by Gasteiger charge is 2.29. The summed E-state index contributed by atoms with van der Waals surface area (Å²) in [5, 5.41) is 3.93. The van der Waals surface area contributed by atoms with Gasteiger partial charge in [0.25, 0.3) is 0 Å². The molecule has 0 spiro atoms. The predicted molar refractivity (Wildman–Crippen MR) is 70.4 cm³/mol. The number of thiazole rings is 1. The fraction of sp³-hybridized carbons (Fsp3) is 0.667. The van der Waals surface area contributed by atoms with Crippen LogP contribution in [0.5, 0.6) is 0 Å². The zero-order valence-electron chi connectivity index (χ0n) is 10.7. The highest BCUT2D eigenvalue weighted by atomic mass is 32.1. The van der Waals surface area contributed by atoms with Gasteiger partial charge in [-0.3, -0.25) is 4.79 Å². The molecule has 100 valence electrons. The number of aromatic nitrogens is 1. The predicted octanol–water partition coefficient (Wildman–Crippen LogP) is 0.882. The molecule has 1 aliphatic heterocycles. The van der Waals surface area contributed by atoms with Crippen LogP contribution in [0.15, 0.2) is 0 Å². The molecule has 1 fully saturated rings. The van der Waals surface area contributed by atoms with E-state index in [9.17, 15) is 4.79 Å². The van der Waals surface area contributed by atoms with Crippen LogP contribution in [-0.4, -0.2) is 29.6 Å². The molecule has 2 atom stereocenters. The van der Waals surface area contributed by atoms with E-state index in [4.69, 9.17) is 10.5 Å². The molecule has 1 saturated heterocycles. The van der Waals surface area contributed by atoms with Crippen molar-refractivity contribution in [2.24, 2.45) is 5.73 Å². The van der Waals surface area contributed by atoms with Gasteiger partial charge in [0, 0.05) is 11.4 Å². The van der Waals surface area contributed by atoms with Crippen LogP contribution >= 0.6 is 11.3 Å². The van der Waals surface area contributed by atoms with Crippen LogP contribution in [0, 0.1) is 13.8 Å². The Morgan fingerprint density at radius 1 is 1.56 bits per heavy atom. The van der Waals surface area contributed by atoms with Crippen LogP contribution < -0.4 is 11.1 Å². The maximum absolute atomic E-state index is 11.9. The number of amides is 1. The van der Waals surface area contributed by atoms with Crippen molar-refractivity contribution in [1.82, 2.24) is 10.3 Å². The van der Waals surface area contributed by atoms with E-state index < -0.39 is 0 Å². The zero-order chi connectivity index (χ0) is 13.1. The monoisotopic (exact) mass is 269 g/mol. The number of aryl methyl sites for hydroxylation is 2. The number of nitrogens with zero attached hydrogens (tertiary/aromatic N) is 1. The summed E-state index contributed by atoms with van der Waals surface area (Å²) in [6.45, 7) is 4.94. The molecule has 1 aromatic heterocycles. The molecule has 6 heteroatoms. The van der Waals surface area contributed by atoms with Gasteiger partial charge in [-0.05, 0) is 26.7 Å². The third kappa shape index (κ3) is 3.07. The van der Waals surface area contributed by atoms with Gasteiger partial charge >= 0.3 is 0 Å². The molecule has 2 heterocycles. The Morgan fingerprint density at radius 3 is 2.89 bits per heavy atom. The van der Waals surface area contributed by atoms with Gasteiger partial charge in [0.15, 0.2) is 0 Å². The first-order valence-corrected chi connectivity index (χ1v) is 6.98. The lowest BCUT2D eigenvalue weighted by Crippen LogP contribution is -2.35. The molecule has 1 amide bonds. The Bertz CT molecular complexity index is 433. The number of nitrogens with one attached hydrogen (secondary N) is 1. The second-order valence-electron chi connectivity index (χ2n) is 4.52. The molecule has 1 aliphatic rings. The number of carbonyl (C=O) groups is 1. The Balaban J connectivity index is 1.84. The van der Waals surface area contributed by atoms with E-state index in [0.29, 0.717) is 13.1 Å². The van der Waals surface area contributed by atoms with Gasteiger partial charge in [0.2, 0.25) is 5.91 Å². The normalized spacial score (nSPS) is 23.3. The van der Waals surface area contributed by atoms with Crippen LogP contribution in [0.1, 0.15) is 28.4 Å². The van der Waals surface area contributed by atoms with E-state index in [-0.39, 0.29) is 18.1 Å². The minimum absolute atomic E-state index is 0.0353. The molecular formula is C12H19N3O2S. The van der Waals surface area contributed by atoms with Gasteiger partial charge < -0.3 is 15.8 Å². The van der Waals surface area contributed by atoms with Gasteiger partial charge in [-0.2, -0.15) is 0 Å². The van der Waals surface area contributed by atoms with Crippen molar-refractivity contribution >= 4 is 17.2 Å². The molecule has 0 saturated carbocycles. The molecule has 0 aromatic carbocycles. The van der Waals surface area contributed by atoms with Crippen LogP contribution in [0.2, 0.25) is 0 Å². The first-order valence-electron chi connectivity index (χ1n) is 6.16. The first kappa shape index (κ1) is 13.5. The molecule has 0 unspecified atom stereocenters. The van der Waals surface area contributed by atoms with Gasteiger partial charge in [0.1, 0.15) is 6.10 Å². The van der Waals surface area contributed by atoms with Crippen LogP contribution in [-0.2, 0) is 16.1 Å². The Morgan fingerprint density at radius 2 is 2.33 bits per heavy atom. The van der Waals surface area contributed by atoms with E-state index in [1.54, 1.807) is 11.3 Å². The Hall–Kier alpha value is -0.980. The van der Waals surface area contributed by atoms with Crippen molar-refractivity contribution in [3.63, 3.8) is 0 Å². The molecule has 5 nitrogen and oxygen atoms in total. The summed E-state index contributed by atoms with van der Waals surface area (Å²) in [6.07, 6.45) is 1.32. The van der Waals surface area contributed by atoms with E-state index in [1.807, 2.05) is 13.8 Å². The molecule has 3 N–H and O–H groups in total. The lowest BCUT2D eigenvalue weighted by atomic mass is 10.2. The van der Waals surface area contributed by atoms with Crippen molar-refractivity contribution < 1.29 is 9.53 Å². The highest BCUT2D eigenvalue weighted by Crippen LogP contribution is 2.20. The van der Waals surface area contributed by atoms with E-state index in [0.717, 1.165) is 28.4 Å². The second-order valence-corrected chi connectivity index (χ2v) is 5.81. The molecule has 2 rings (SSSR count). The van der Waals surface area contributed by atoms with Crippen molar-refractivity contribution in [3.05, 3.63) is 15.6 Å². The Labute approximate surface area is 111 Å². The summed E-state index contributed by atoms with van der Waals surface area (Å²) in [4.78, 5) is 17.3. The Kier molecular flexibility index (Phi) is 4.31. The van der Waals surface area contributed by atoms with Gasteiger partial charge in [-0.15, -0.1) is 11.3 Å². The summed E-state index contributed by atoms with van der Waals surface area (Å²) in [5.74, 6) is -0.0450. The summed E-state index contributed by atoms with van der Waals surface area (Å²) >= 11 is 1.62. The average molecular weight is 269 g/mol. The van der Waals surface area contributed by atoms with Crippen molar-refractivity contribution in [1.29, 1.82) is 0 Å². The zero-order valence-corrected chi connectivity index (χ0v) is 11.5. The lowest BCUT2D eigenvalue weighted by Gasteiger charge is -2.12. The average Bonchev–Trinajstić information content (AvgIpc) is 2.93. The van der Waals surface area contributed by atoms with Crippen LogP contribution in [0.25, 0.3) is 0 Å². The maximum Gasteiger partial charge on any atom is 0.249 e. The quantitative estimate of drug-likeness (QED) is 0.850. The van der Waals surface area contributed by atoms with E-state index in [2.05, 4.69) is 10.3 Å². The number of hydrogen-bond acceptors (Lipinski definition) is 5. The fourth-order valence-corrected chi connectivity index (χ4v) is 2.97. The molecule has 0 aliphatic carbocycles. The minimum Gasteiger partial charge on any atom is -0.364 e. The number of hydrogen-bond donors (Lipinski definition) is 2. The van der Waals surface area contributed by atoms with Crippen molar-refractivity contribution in [2.45, 2.75) is 45.4 Å². The third-order valence-corrected chi connectivity index (χ3v) is 4.16. The van der Waals surface area contributed by atoms with E-state index >= 15 is 0 Å². The van der Waals surface area contributed by atoms with Crippen molar-refractivity contribution in [3.8, 4) is 0 Å². The summed E-state index contributed by atoms with van der Waals surface area (Å²) in [5.41, 5.74) is 6.51. The maximum atomic E-state index is 11.9. The summed E-state index contributed by atoms with van der Waals surface area (Å²) in [6, 6.07) is 0. The van der Waals surface area contributed by atoms with Crippen molar-refractivity contribution in [2.75, 3.05) is 6.54 Å². The van der Waals surface area contributed by atoms with Gasteiger partial charge in [0.05, 0.1) is 23.4 Å². The topological polar surface area (TPSA) is 77.2 Å². The smallest absolute Gasteiger partial charge is 0.249 e. The number of rotatable bonds is 4.